The van der Waals surface area contributed by atoms with Crippen LogP contribution in [0.3, 0.4) is 0 Å². The number of nitrogens with one attached hydrogen (secondary N) is 1. The first kappa shape index (κ1) is 14.2. The van der Waals surface area contributed by atoms with Gasteiger partial charge in [-0.25, -0.2) is 4.79 Å². The largest absolute Gasteiger partial charge is 0.481 e. The number of carbonyl (C=O) groups is 2. The fourth-order valence-electron chi connectivity index (χ4n) is 3.17. The maximum Gasteiger partial charge on any atom is 0.318 e. The Labute approximate surface area is 114 Å². The minimum atomic E-state index is -0.740. The van der Waals surface area contributed by atoms with Crippen molar-refractivity contribution in [1.82, 2.24) is 10.2 Å². The molecule has 1 heterocycles. The number of hydrogen-bond donors (Lipinski definition) is 2. The summed E-state index contributed by atoms with van der Waals surface area (Å²) in [5, 5.41) is 12.2. The van der Waals surface area contributed by atoms with E-state index in [9.17, 15) is 9.59 Å². The Hall–Kier alpha value is -1.26. The second-order valence-corrected chi connectivity index (χ2v) is 6.02. The highest BCUT2D eigenvalue weighted by molar-refractivity contribution is 5.76. The van der Waals surface area contributed by atoms with Crippen LogP contribution in [0.1, 0.15) is 52.4 Å². The molecule has 2 amide bonds. The van der Waals surface area contributed by atoms with E-state index in [0.29, 0.717) is 19.4 Å². The highest BCUT2D eigenvalue weighted by Gasteiger charge is 2.39. The number of urea groups is 1. The highest BCUT2D eigenvalue weighted by atomic mass is 16.4. The van der Waals surface area contributed by atoms with E-state index in [1.807, 2.05) is 6.92 Å². The van der Waals surface area contributed by atoms with Crippen LogP contribution >= 0.6 is 0 Å². The Morgan fingerprint density at radius 1 is 1.42 bits per heavy atom. The molecule has 2 rings (SSSR count). The zero-order valence-electron chi connectivity index (χ0n) is 11.8. The van der Waals surface area contributed by atoms with E-state index in [0.717, 1.165) is 19.3 Å². The van der Waals surface area contributed by atoms with Crippen molar-refractivity contribution in [3.05, 3.63) is 0 Å². The average Bonchev–Trinajstić information content (AvgIpc) is 2.33. The van der Waals surface area contributed by atoms with Gasteiger partial charge in [0.05, 0.1) is 5.92 Å². The fourth-order valence-corrected chi connectivity index (χ4v) is 3.17. The van der Waals surface area contributed by atoms with Crippen molar-refractivity contribution in [3.63, 3.8) is 0 Å². The minimum absolute atomic E-state index is 0.000446. The second-order valence-electron chi connectivity index (χ2n) is 6.02. The summed E-state index contributed by atoms with van der Waals surface area (Å²) in [4.78, 5) is 25.1. The smallest absolute Gasteiger partial charge is 0.318 e. The average molecular weight is 268 g/mol. The molecular weight excluding hydrogens is 244 g/mol. The van der Waals surface area contributed by atoms with Crippen LogP contribution in [0.25, 0.3) is 0 Å². The maximum atomic E-state index is 12.3. The van der Waals surface area contributed by atoms with E-state index in [-0.39, 0.29) is 23.5 Å². The Morgan fingerprint density at radius 2 is 2.11 bits per heavy atom. The predicted octanol–water partition coefficient (Wildman–Crippen LogP) is 2.21. The van der Waals surface area contributed by atoms with Gasteiger partial charge in [-0.15, -0.1) is 0 Å². The molecule has 2 N–H and O–H groups in total. The summed E-state index contributed by atoms with van der Waals surface area (Å²) in [6, 6.07) is -0.0123. The SMILES string of the molecule is CCC1(NC(=O)N2CCC(C(=O)O)CC2C)CCC1. The third-order valence-corrected chi connectivity index (χ3v) is 4.85. The molecule has 2 aliphatic rings. The number of hydrogen-bond acceptors (Lipinski definition) is 2. The molecule has 0 aromatic heterocycles. The molecule has 1 aliphatic heterocycles. The lowest BCUT2D eigenvalue weighted by Gasteiger charge is -2.45. The van der Waals surface area contributed by atoms with Crippen molar-refractivity contribution in [3.8, 4) is 0 Å². The number of aliphatic carboxylic acids is 1. The predicted molar refractivity (Wildman–Crippen MR) is 71.9 cm³/mol. The number of carbonyl (C=O) groups excluding carboxylic acids is 1. The number of likely N-dealkylation sites (tertiary alicyclic amines) is 1. The maximum absolute atomic E-state index is 12.3. The van der Waals surface area contributed by atoms with E-state index >= 15 is 0 Å². The molecule has 2 unspecified atom stereocenters. The van der Waals surface area contributed by atoms with Crippen molar-refractivity contribution in [2.75, 3.05) is 6.54 Å². The molecule has 5 nitrogen and oxygen atoms in total. The molecule has 0 spiro atoms. The van der Waals surface area contributed by atoms with E-state index in [1.165, 1.54) is 6.42 Å². The zero-order valence-corrected chi connectivity index (χ0v) is 11.8. The number of piperidine rings is 1. The number of amides is 2. The molecule has 0 bridgehead atoms. The molecule has 0 aromatic carbocycles. The molecule has 2 fully saturated rings. The van der Waals surface area contributed by atoms with Gasteiger partial charge < -0.3 is 15.3 Å². The number of carboxylic acid groups (broad SMARTS) is 1. The van der Waals surface area contributed by atoms with Crippen LogP contribution in [0.2, 0.25) is 0 Å². The van der Waals surface area contributed by atoms with Crippen molar-refractivity contribution >= 4 is 12.0 Å². The van der Waals surface area contributed by atoms with Gasteiger partial charge in [-0.2, -0.15) is 0 Å². The first-order valence-corrected chi connectivity index (χ1v) is 7.29. The van der Waals surface area contributed by atoms with E-state index < -0.39 is 5.97 Å². The zero-order chi connectivity index (χ0) is 14.0. The van der Waals surface area contributed by atoms with Crippen molar-refractivity contribution in [2.45, 2.75) is 64.0 Å². The Kier molecular flexibility index (Phi) is 4.02. The normalized spacial score (nSPS) is 29.5. The molecule has 2 atom stereocenters. The lowest BCUT2D eigenvalue weighted by molar-refractivity contribution is -0.143. The van der Waals surface area contributed by atoms with Crippen LogP contribution < -0.4 is 5.32 Å². The van der Waals surface area contributed by atoms with Gasteiger partial charge in [0, 0.05) is 18.1 Å². The van der Waals surface area contributed by atoms with Gasteiger partial charge in [-0.05, 0) is 45.4 Å². The number of rotatable bonds is 3. The topological polar surface area (TPSA) is 69.6 Å². The van der Waals surface area contributed by atoms with E-state index in [4.69, 9.17) is 5.11 Å². The van der Waals surface area contributed by atoms with Crippen LogP contribution in [0.15, 0.2) is 0 Å². The Morgan fingerprint density at radius 3 is 2.53 bits per heavy atom. The summed E-state index contributed by atoms with van der Waals surface area (Å²) in [7, 11) is 0. The Balaban J connectivity index is 1.91. The third-order valence-electron chi connectivity index (χ3n) is 4.85. The summed E-state index contributed by atoms with van der Waals surface area (Å²) in [5.74, 6) is -1.04. The van der Waals surface area contributed by atoms with Crippen LogP contribution in [0, 0.1) is 5.92 Å². The Bertz CT molecular complexity index is 360. The van der Waals surface area contributed by atoms with Gasteiger partial charge in [0.2, 0.25) is 0 Å². The third kappa shape index (κ3) is 2.85. The molecule has 1 saturated carbocycles. The minimum Gasteiger partial charge on any atom is -0.481 e. The fraction of sp³-hybridized carbons (Fsp3) is 0.857. The van der Waals surface area contributed by atoms with Gasteiger partial charge in [-0.1, -0.05) is 6.92 Å². The summed E-state index contributed by atoms with van der Waals surface area (Å²) in [6.07, 6.45) is 5.40. The van der Waals surface area contributed by atoms with Gasteiger partial charge in [0.15, 0.2) is 0 Å². The van der Waals surface area contributed by atoms with Crippen molar-refractivity contribution < 1.29 is 14.7 Å². The monoisotopic (exact) mass is 268 g/mol. The number of carboxylic acids is 1. The molecule has 0 radical (unpaired) electrons. The lowest BCUT2D eigenvalue weighted by Crippen LogP contribution is -2.59. The first-order valence-electron chi connectivity index (χ1n) is 7.29. The summed E-state index contributed by atoms with van der Waals surface area (Å²) < 4.78 is 0. The van der Waals surface area contributed by atoms with Crippen molar-refractivity contribution in [2.24, 2.45) is 5.92 Å². The van der Waals surface area contributed by atoms with Gasteiger partial charge in [0.1, 0.15) is 0 Å². The molecule has 108 valence electrons. The molecular formula is C14H24N2O3. The van der Waals surface area contributed by atoms with Crippen LogP contribution in [0.4, 0.5) is 4.79 Å². The van der Waals surface area contributed by atoms with Crippen LogP contribution in [-0.4, -0.2) is 40.1 Å². The van der Waals surface area contributed by atoms with Crippen LogP contribution in [0.5, 0.6) is 0 Å². The summed E-state index contributed by atoms with van der Waals surface area (Å²) in [6.45, 7) is 4.59. The van der Waals surface area contributed by atoms with Gasteiger partial charge in [-0.3, -0.25) is 4.79 Å². The van der Waals surface area contributed by atoms with Crippen LogP contribution in [-0.2, 0) is 4.79 Å². The lowest BCUT2D eigenvalue weighted by atomic mass is 9.75. The summed E-state index contributed by atoms with van der Waals surface area (Å²) >= 11 is 0. The van der Waals surface area contributed by atoms with E-state index in [2.05, 4.69) is 12.2 Å². The van der Waals surface area contributed by atoms with Gasteiger partial charge >= 0.3 is 12.0 Å². The van der Waals surface area contributed by atoms with Crippen molar-refractivity contribution in [1.29, 1.82) is 0 Å². The highest BCUT2D eigenvalue weighted by Crippen LogP contribution is 2.35. The summed E-state index contributed by atoms with van der Waals surface area (Å²) in [5.41, 5.74) is 0.000446. The second kappa shape index (κ2) is 5.39. The van der Waals surface area contributed by atoms with E-state index in [1.54, 1.807) is 4.90 Å². The standard InChI is InChI=1S/C14H24N2O3/c1-3-14(6-4-7-14)15-13(19)16-8-5-11(12(17)18)9-10(16)2/h10-11H,3-9H2,1-2H3,(H,15,19)(H,17,18). The quantitative estimate of drug-likeness (QED) is 0.824. The molecule has 1 aliphatic carbocycles. The molecule has 0 aromatic rings. The number of nitrogens with zero attached hydrogens (tertiary/aromatic N) is 1. The first-order chi connectivity index (χ1) is 8.97. The van der Waals surface area contributed by atoms with Gasteiger partial charge in [0.25, 0.3) is 0 Å². The molecule has 19 heavy (non-hydrogen) atoms. The molecule has 1 saturated heterocycles. The molecule has 5 heteroatoms.